The average molecular weight is 515 g/mol. The Morgan fingerprint density at radius 2 is 1.83 bits per heavy atom. The Labute approximate surface area is 191 Å². The minimum atomic E-state index is -0.632. The molecule has 0 spiro atoms. The molecule has 2 aromatic carbocycles. The molecule has 0 atom stereocenters. The van der Waals surface area contributed by atoms with E-state index in [0.29, 0.717) is 27.9 Å². The predicted molar refractivity (Wildman–Crippen MR) is 127 cm³/mol. The Balaban J connectivity index is 2.25. The molecule has 0 saturated heterocycles. The number of carbonyl (C=O) groups excluding carboxylic acids is 1. The number of benzene rings is 2. The van der Waals surface area contributed by atoms with Crippen LogP contribution < -0.4 is 0 Å². The van der Waals surface area contributed by atoms with Crippen LogP contribution in [0.2, 0.25) is 0 Å². The van der Waals surface area contributed by atoms with Crippen molar-refractivity contribution in [3.05, 3.63) is 68.0 Å². The van der Waals surface area contributed by atoms with Crippen LogP contribution in [0.15, 0.2) is 40.8 Å². The van der Waals surface area contributed by atoms with Gasteiger partial charge in [-0.15, -0.1) is 0 Å². The summed E-state index contributed by atoms with van der Waals surface area (Å²) in [5, 5.41) is 9.93. The molecule has 1 aromatic heterocycles. The summed E-state index contributed by atoms with van der Waals surface area (Å²) >= 11 is 2.35. The second-order valence-corrected chi connectivity index (χ2v) is 10.1. The maximum Gasteiger partial charge on any atom is 0.342 e. The number of hydrogen-bond donors (Lipinski definition) is 0. The first-order valence-corrected chi connectivity index (χ1v) is 11.0. The predicted octanol–water partition coefficient (Wildman–Crippen LogP) is 6.75. The van der Waals surface area contributed by atoms with Gasteiger partial charge in [0.1, 0.15) is 22.5 Å². The highest BCUT2D eigenvalue weighted by Gasteiger charge is 2.36. The van der Waals surface area contributed by atoms with Crippen molar-refractivity contribution in [2.24, 2.45) is 0 Å². The topological polar surface area (TPSA) is 63.2 Å². The number of carbonyl (C=O) groups is 1. The van der Waals surface area contributed by atoms with Gasteiger partial charge in [0.15, 0.2) is 0 Å². The Morgan fingerprint density at radius 3 is 2.40 bits per heavy atom. The van der Waals surface area contributed by atoms with E-state index in [0.717, 1.165) is 12.0 Å². The van der Waals surface area contributed by atoms with E-state index < -0.39 is 17.0 Å². The molecule has 0 saturated carbocycles. The third kappa shape index (κ3) is 4.24. The van der Waals surface area contributed by atoms with Crippen LogP contribution in [0.4, 0.5) is 0 Å². The lowest BCUT2D eigenvalue weighted by molar-refractivity contribution is 0.00678. The zero-order chi connectivity index (χ0) is 22.3. The highest BCUT2D eigenvalue weighted by atomic mass is 127. The number of furan rings is 1. The van der Waals surface area contributed by atoms with E-state index in [1.165, 1.54) is 9.13 Å². The van der Waals surface area contributed by atoms with Gasteiger partial charge in [-0.3, -0.25) is 0 Å². The van der Waals surface area contributed by atoms with Gasteiger partial charge >= 0.3 is 5.97 Å². The molecule has 0 aliphatic heterocycles. The summed E-state index contributed by atoms with van der Waals surface area (Å²) in [6.07, 6.45) is 0.962. The van der Waals surface area contributed by atoms with E-state index in [2.05, 4.69) is 53.8 Å². The maximum absolute atomic E-state index is 13.2. The van der Waals surface area contributed by atoms with E-state index >= 15 is 0 Å². The van der Waals surface area contributed by atoms with Crippen molar-refractivity contribution in [3.63, 3.8) is 0 Å². The molecule has 5 heteroatoms. The van der Waals surface area contributed by atoms with E-state index in [1.807, 2.05) is 34.6 Å². The number of nitrogens with zero attached hydrogens (tertiary/aromatic N) is 1. The monoisotopic (exact) mass is 515 g/mol. The van der Waals surface area contributed by atoms with Crippen molar-refractivity contribution in [2.75, 3.05) is 0 Å². The van der Waals surface area contributed by atoms with E-state index in [1.54, 1.807) is 18.2 Å². The zero-order valence-corrected chi connectivity index (χ0v) is 20.4. The van der Waals surface area contributed by atoms with Crippen LogP contribution in [-0.4, -0.2) is 11.6 Å². The lowest BCUT2D eigenvalue weighted by atomic mass is 9.80. The van der Waals surface area contributed by atoms with Crippen molar-refractivity contribution in [2.45, 2.75) is 59.0 Å². The molecular formula is C25H26INO3. The maximum atomic E-state index is 13.2. The first-order chi connectivity index (χ1) is 14.0. The van der Waals surface area contributed by atoms with E-state index in [9.17, 15) is 10.1 Å². The lowest BCUT2D eigenvalue weighted by Crippen LogP contribution is -2.27. The molecule has 0 bridgehead atoms. The fourth-order valence-electron chi connectivity index (χ4n) is 3.49. The molecule has 0 radical (unpaired) electrons. The fourth-order valence-corrected chi connectivity index (χ4v) is 4.39. The summed E-state index contributed by atoms with van der Waals surface area (Å²) in [7, 11) is 0. The number of esters is 1. The van der Waals surface area contributed by atoms with Crippen LogP contribution in [0.1, 0.15) is 74.4 Å². The molecule has 3 rings (SSSR count). The van der Waals surface area contributed by atoms with Gasteiger partial charge in [-0.1, -0.05) is 19.1 Å². The third-order valence-electron chi connectivity index (χ3n) is 5.15. The first kappa shape index (κ1) is 22.4. The van der Waals surface area contributed by atoms with Crippen molar-refractivity contribution in [3.8, 4) is 6.07 Å². The third-order valence-corrected chi connectivity index (χ3v) is 6.15. The van der Waals surface area contributed by atoms with Crippen molar-refractivity contribution in [1.29, 1.82) is 5.26 Å². The number of fused-ring (bicyclic) bond motifs is 1. The van der Waals surface area contributed by atoms with Gasteiger partial charge in [0.2, 0.25) is 0 Å². The summed E-state index contributed by atoms with van der Waals surface area (Å²) in [4.78, 5) is 13.2. The summed E-state index contributed by atoms with van der Waals surface area (Å²) in [5.74, 6) is 0.121. The SMILES string of the molecule is CCc1ccc(C(C)(C)c2oc3cc(C#N)ccc3c2C(=O)OC(C)(C)C)cc1I. The minimum absolute atomic E-state index is 0.420. The minimum Gasteiger partial charge on any atom is -0.459 e. The normalized spacial score (nSPS) is 12.1. The molecule has 0 aliphatic carbocycles. The van der Waals surface area contributed by atoms with Gasteiger partial charge in [0, 0.05) is 14.4 Å². The first-order valence-electron chi connectivity index (χ1n) is 9.97. The molecule has 30 heavy (non-hydrogen) atoms. The molecule has 0 aliphatic rings. The number of ether oxygens (including phenoxy) is 1. The van der Waals surface area contributed by atoms with Crippen LogP contribution in [0.3, 0.4) is 0 Å². The molecule has 3 aromatic rings. The van der Waals surface area contributed by atoms with Crippen molar-refractivity contribution >= 4 is 39.5 Å². The fraction of sp³-hybridized carbons (Fsp3) is 0.360. The Kier molecular flexibility index (Phi) is 6.01. The number of aryl methyl sites for hydroxylation is 1. The Bertz CT molecular complexity index is 1160. The Morgan fingerprint density at radius 1 is 1.13 bits per heavy atom. The molecular weight excluding hydrogens is 489 g/mol. The van der Waals surface area contributed by atoms with Crippen LogP contribution in [0.5, 0.6) is 0 Å². The number of halogens is 1. The standard InChI is InChI=1S/C25H26INO3/c1-7-16-9-10-17(13-19(16)26)25(5,6)22-21(23(28)30-24(2,3)4)18-11-8-15(14-27)12-20(18)29-22/h8-13H,7H2,1-6H3. The van der Waals surface area contributed by atoms with Gasteiger partial charge in [0.25, 0.3) is 0 Å². The van der Waals surface area contributed by atoms with Crippen molar-refractivity contribution in [1.82, 2.24) is 0 Å². The number of rotatable bonds is 4. The summed E-state index contributed by atoms with van der Waals surface area (Å²) < 4.78 is 13.1. The summed E-state index contributed by atoms with van der Waals surface area (Å²) in [5.41, 5.74) is 2.54. The lowest BCUT2D eigenvalue weighted by Gasteiger charge is -2.26. The number of hydrogen-bond acceptors (Lipinski definition) is 4. The quantitative estimate of drug-likeness (QED) is 0.285. The second-order valence-electron chi connectivity index (χ2n) is 8.92. The van der Waals surface area contributed by atoms with E-state index in [4.69, 9.17) is 9.15 Å². The molecule has 1 heterocycles. The highest BCUT2D eigenvalue weighted by Crippen LogP contribution is 2.40. The molecule has 0 fully saturated rings. The van der Waals surface area contributed by atoms with E-state index in [-0.39, 0.29) is 0 Å². The highest BCUT2D eigenvalue weighted by molar-refractivity contribution is 14.1. The second kappa shape index (κ2) is 8.07. The Hall–Kier alpha value is -2.33. The van der Waals surface area contributed by atoms with Crippen LogP contribution in [0.25, 0.3) is 11.0 Å². The van der Waals surface area contributed by atoms with Crippen LogP contribution in [0, 0.1) is 14.9 Å². The van der Waals surface area contributed by atoms with Gasteiger partial charge in [-0.2, -0.15) is 5.26 Å². The average Bonchev–Trinajstić information content (AvgIpc) is 3.06. The molecule has 0 unspecified atom stereocenters. The van der Waals surface area contributed by atoms with Gasteiger partial charge in [-0.05, 0) is 99.0 Å². The summed E-state index contributed by atoms with van der Waals surface area (Å²) in [6, 6.07) is 13.6. The number of nitriles is 1. The molecule has 4 nitrogen and oxygen atoms in total. The van der Waals surface area contributed by atoms with Gasteiger partial charge in [-0.25, -0.2) is 4.79 Å². The molecule has 0 amide bonds. The largest absolute Gasteiger partial charge is 0.459 e. The van der Waals surface area contributed by atoms with Gasteiger partial charge < -0.3 is 9.15 Å². The summed E-state index contributed by atoms with van der Waals surface area (Å²) in [6.45, 7) is 11.8. The smallest absolute Gasteiger partial charge is 0.342 e. The molecule has 0 N–H and O–H groups in total. The van der Waals surface area contributed by atoms with Crippen molar-refractivity contribution < 1.29 is 13.9 Å². The van der Waals surface area contributed by atoms with Crippen LogP contribution in [-0.2, 0) is 16.6 Å². The van der Waals surface area contributed by atoms with Crippen LogP contribution >= 0.6 is 22.6 Å². The zero-order valence-electron chi connectivity index (χ0n) is 18.2. The van der Waals surface area contributed by atoms with Gasteiger partial charge in [0.05, 0.1) is 11.6 Å². The molecule has 156 valence electrons.